The van der Waals surface area contributed by atoms with E-state index in [0.717, 1.165) is 5.54 Å². The van der Waals surface area contributed by atoms with E-state index >= 15 is 0 Å². The van der Waals surface area contributed by atoms with Crippen molar-refractivity contribution in [2.75, 3.05) is 0 Å². The highest BCUT2D eigenvalue weighted by molar-refractivity contribution is 6.88. The second-order valence-corrected chi connectivity index (χ2v) is 13.8. The Bertz CT molecular complexity index is 306. The fourth-order valence-electron chi connectivity index (χ4n) is 1.61. The van der Waals surface area contributed by atoms with Crippen molar-refractivity contribution >= 4 is 22.1 Å². The lowest BCUT2D eigenvalue weighted by Crippen LogP contribution is -2.37. The van der Waals surface area contributed by atoms with Crippen LogP contribution < -0.4 is 5.19 Å². The summed E-state index contributed by atoms with van der Waals surface area (Å²) in [5.74, 6) is 0. The molecular formula is C13H23Si2. The lowest BCUT2D eigenvalue weighted by Gasteiger charge is -2.19. The molecule has 15 heavy (non-hydrogen) atoms. The molecule has 0 aliphatic carbocycles. The van der Waals surface area contributed by atoms with Crippen molar-refractivity contribution in [3.63, 3.8) is 0 Å². The molecular weight excluding hydrogens is 212 g/mol. The molecule has 0 N–H and O–H groups in total. The molecule has 2 heteroatoms. The van der Waals surface area contributed by atoms with E-state index in [-0.39, 0.29) is 8.80 Å². The van der Waals surface area contributed by atoms with Crippen molar-refractivity contribution in [3.8, 4) is 0 Å². The predicted molar refractivity (Wildman–Crippen MR) is 75.3 cm³/mol. The van der Waals surface area contributed by atoms with Crippen molar-refractivity contribution in [2.24, 2.45) is 0 Å². The van der Waals surface area contributed by atoms with Crippen LogP contribution in [0.2, 0.25) is 32.7 Å². The molecule has 1 aromatic rings. The van der Waals surface area contributed by atoms with Crippen LogP contribution in [0, 0.1) is 0 Å². The molecule has 0 aliphatic rings. The summed E-state index contributed by atoms with van der Waals surface area (Å²) in [6.45, 7) is 14.3. The molecule has 83 valence electrons. The molecule has 0 amide bonds. The van der Waals surface area contributed by atoms with Crippen LogP contribution in [-0.4, -0.2) is 16.9 Å². The lowest BCUT2D eigenvalue weighted by molar-refractivity contribution is 1.05. The van der Waals surface area contributed by atoms with Gasteiger partial charge in [-0.05, 0) is 11.1 Å². The third-order valence-electron chi connectivity index (χ3n) is 3.14. The van der Waals surface area contributed by atoms with Crippen molar-refractivity contribution in [1.82, 2.24) is 0 Å². The van der Waals surface area contributed by atoms with Gasteiger partial charge in [-0.2, -0.15) is 0 Å². The first-order valence-corrected chi connectivity index (χ1v) is 11.8. The maximum Gasteiger partial charge on any atom is 0.0775 e. The van der Waals surface area contributed by atoms with Crippen molar-refractivity contribution < 1.29 is 0 Å². The summed E-state index contributed by atoms with van der Waals surface area (Å²) in [4.78, 5) is 0. The third-order valence-corrected chi connectivity index (χ3v) is 7.27. The van der Waals surface area contributed by atoms with Gasteiger partial charge in [-0.1, -0.05) is 69.1 Å². The van der Waals surface area contributed by atoms with Crippen LogP contribution in [0.1, 0.15) is 18.0 Å². The van der Waals surface area contributed by atoms with Gasteiger partial charge >= 0.3 is 0 Å². The van der Waals surface area contributed by atoms with Gasteiger partial charge in [0, 0.05) is 8.80 Å². The summed E-state index contributed by atoms with van der Waals surface area (Å²) in [5, 5.41) is 1.57. The van der Waals surface area contributed by atoms with E-state index in [2.05, 4.69) is 63.9 Å². The maximum absolute atomic E-state index is 2.40. The Labute approximate surface area is 97.3 Å². The molecule has 0 heterocycles. The number of rotatable bonds is 3. The Morgan fingerprint density at radius 1 is 1.00 bits per heavy atom. The molecule has 0 fully saturated rings. The summed E-state index contributed by atoms with van der Waals surface area (Å²) in [6.07, 6.45) is 0. The van der Waals surface area contributed by atoms with Crippen molar-refractivity contribution in [2.45, 2.75) is 45.2 Å². The summed E-state index contributed by atoms with van der Waals surface area (Å²) < 4.78 is 0. The van der Waals surface area contributed by atoms with Gasteiger partial charge in [0.25, 0.3) is 0 Å². The van der Waals surface area contributed by atoms with E-state index in [1.165, 1.54) is 5.56 Å². The Balaban J connectivity index is 2.91. The van der Waals surface area contributed by atoms with Crippen molar-refractivity contribution in [3.05, 3.63) is 29.8 Å². The van der Waals surface area contributed by atoms with Crippen LogP contribution in [0.25, 0.3) is 0 Å². The fraction of sp³-hybridized carbons (Fsp3) is 0.538. The average Bonchev–Trinajstić information content (AvgIpc) is 2.15. The molecule has 1 radical (unpaired) electrons. The van der Waals surface area contributed by atoms with Gasteiger partial charge in [-0.15, -0.1) is 0 Å². The highest BCUT2D eigenvalue weighted by Gasteiger charge is 2.17. The number of benzene rings is 1. The van der Waals surface area contributed by atoms with Crippen LogP contribution in [0.3, 0.4) is 0 Å². The number of hydrogen-bond acceptors (Lipinski definition) is 0. The second kappa shape index (κ2) is 4.66. The van der Waals surface area contributed by atoms with Crippen molar-refractivity contribution in [1.29, 1.82) is 0 Å². The molecule has 0 nitrogen and oxygen atoms in total. The molecule has 1 atom stereocenters. The first-order chi connectivity index (χ1) is 6.82. The Hall–Kier alpha value is -0.346. The Morgan fingerprint density at radius 3 is 1.80 bits per heavy atom. The first kappa shape index (κ1) is 12.7. The molecule has 0 aliphatic heterocycles. The Morgan fingerprint density at radius 2 is 1.47 bits per heavy atom. The smallest absolute Gasteiger partial charge is 0.0708 e. The van der Waals surface area contributed by atoms with Crippen LogP contribution in [0.15, 0.2) is 24.3 Å². The zero-order valence-electron chi connectivity index (χ0n) is 10.9. The Kier molecular flexibility index (Phi) is 3.95. The maximum atomic E-state index is 2.40. The van der Waals surface area contributed by atoms with Crippen LogP contribution in [-0.2, 0) is 0 Å². The van der Waals surface area contributed by atoms with Gasteiger partial charge in [0.2, 0.25) is 0 Å². The van der Waals surface area contributed by atoms with Gasteiger partial charge < -0.3 is 0 Å². The zero-order chi connectivity index (χ0) is 11.6. The third kappa shape index (κ3) is 3.31. The van der Waals surface area contributed by atoms with E-state index in [0.29, 0.717) is 0 Å². The lowest BCUT2D eigenvalue weighted by atomic mass is 10.2. The molecule has 0 bridgehead atoms. The van der Waals surface area contributed by atoms with Gasteiger partial charge in [0.15, 0.2) is 0 Å². The number of hydrogen-bond donors (Lipinski definition) is 0. The minimum Gasteiger partial charge on any atom is -0.0708 e. The predicted octanol–water partition coefficient (Wildman–Crippen LogP) is 3.63. The van der Waals surface area contributed by atoms with Gasteiger partial charge in [-0.3, -0.25) is 0 Å². The quantitative estimate of drug-likeness (QED) is 0.702. The summed E-state index contributed by atoms with van der Waals surface area (Å²) in [5.41, 5.74) is 2.29. The molecule has 0 spiro atoms. The molecule has 1 aromatic carbocycles. The topological polar surface area (TPSA) is 0 Å². The minimum absolute atomic E-state index is 0.201. The fourth-order valence-corrected chi connectivity index (χ4v) is 3.63. The van der Waals surface area contributed by atoms with Crippen LogP contribution >= 0.6 is 0 Å². The van der Waals surface area contributed by atoms with E-state index in [1.54, 1.807) is 5.19 Å². The molecule has 0 saturated heterocycles. The van der Waals surface area contributed by atoms with E-state index in [4.69, 9.17) is 0 Å². The highest BCUT2D eigenvalue weighted by Crippen LogP contribution is 2.17. The largest absolute Gasteiger partial charge is 0.0775 e. The molecule has 1 unspecified atom stereocenters. The first-order valence-electron chi connectivity index (χ1n) is 5.73. The molecule has 0 saturated carbocycles. The summed E-state index contributed by atoms with van der Waals surface area (Å²) in [7, 11) is -1.31. The monoisotopic (exact) mass is 235 g/mol. The van der Waals surface area contributed by atoms with Gasteiger partial charge in [-0.25, -0.2) is 0 Å². The second-order valence-electron chi connectivity index (χ2n) is 5.67. The average molecular weight is 235 g/mol. The minimum atomic E-state index is -1.11. The van der Waals surface area contributed by atoms with E-state index < -0.39 is 8.07 Å². The zero-order valence-corrected chi connectivity index (χ0v) is 12.9. The molecule has 1 rings (SSSR count). The highest BCUT2D eigenvalue weighted by atomic mass is 28.3. The van der Waals surface area contributed by atoms with Crippen LogP contribution in [0.5, 0.6) is 0 Å². The van der Waals surface area contributed by atoms with E-state index in [1.807, 2.05) is 0 Å². The SMILES string of the molecule is CC(c1ccc([Si](C)(C)C)cc1)[Si](C)C. The summed E-state index contributed by atoms with van der Waals surface area (Å²) >= 11 is 0. The van der Waals surface area contributed by atoms with Gasteiger partial charge in [0.1, 0.15) is 0 Å². The van der Waals surface area contributed by atoms with Crippen LogP contribution in [0.4, 0.5) is 0 Å². The summed E-state index contributed by atoms with van der Waals surface area (Å²) in [6, 6.07) is 9.39. The van der Waals surface area contributed by atoms with Gasteiger partial charge in [0.05, 0.1) is 8.07 Å². The van der Waals surface area contributed by atoms with E-state index in [9.17, 15) is 0 Å². The molecule has 0 aromatic heterocycles. The normalized spacial score (nSPS) is 14.3. The standard InChI is InChI=1S/C13H23Si2/c1-11(14(2)3)12-7-9-13(10-8-12)15(4,5)6/h7-11H,1-6H3.